The van der Waals surface area contributed by atoms with E-state index in [4.69, 9.17) is 0 Å². The lowest BCUT2D eigenvalue weighted by Crippen LogP contribution is -2.16. The SMILES string of the molecule is COC(=O)c1ccc(NC(=O)c2cccc(NC(=O)[C@@H]3C[C@@H]3C)c2)cc1. The Labute approximate surface area is 151 Å². The Morgan fingerprint density at radius 2 is 1.65 bits per heavy atom. The minimum Gasteiger partial charge on any atom is -0.465 e. The van der Waals surface area contributed by atoms with Gasteiger partial charge in [-0.1, -0.05) is 13.0 Å². The molecule has 1 aliphatic rings. The van der Waals surface area contributed by atoms with E-state index in [9.17, 15) is 14.4 Å². The summed E-state index contributed by atoms with van der Waals surface area (Å²) >= 11 is 0. The topological polar surface area (TPSA) is 84.5 Å². The van der Waals surface area contributed by atoms with Crippen molar-refractivity contribution >= 4 is 29.2 Å². The molecule has 0 spiro atoms. The minimum absolute atomic E-state index is 0.00606. The van der Waals surface area contributed by atoms with Gasteiger partial charge in [0.25, 0.3) is 5.91 Å². The number of carbonyl (C=O) groups excluding carboxylic acids is 3. The number of methoxy groups -OCH3 is 1. The second-order valence-corrected chi connectivity index (χ2v) is 6.41. The molecule has 6 heteroatoms. The molecule has 0 aliphatic heterocycles. The third-order valence-corrected chi connectivity index (χ3v) is 4.40. The van der Waals surface area contributed by atoms with E-state index in [2.05, 4.69) is 15.4 Å². The molecule has 0 saturated heterocycles. The van der Waals surface area contributed by atoms with Gasteiger partial charge in [-0.2, -0.15) is 0 Å². The number of amides is 2. The van der Waals surface area contributed by atoms with Gasteiger partial charge in [-0.3, -0.25) is 9.59 Å². The van der Waals surface area contributed by atoms with Crippen molar-refractivity contribution in [3.05, 3.63) is 59.7 Å². The van der Waals surface area contributed by atoms with E-state index >= 15 is 0 Å². The number of hydrogen-bond donors (Lipinski definition) is 2. The Morgan fingerprint density at radius 3 is 2.27 bits per heavy atom. The molecule has 0 bridgehead atoms. The van der Waals surface area contributed by atoms with E-state index in [0.29, 0.717) is 28.4 Å². The van der Waals surface area contributed by atoms with Gasteiger partial charge in [0.2, 0.25) is 5.91 Å². The molecule has 0 radical (unpaired) electrons. The fraction of sp³-hybridized carbons (Fsp3) is 0.250. The second kappa shape index (κ2) is 7.39. The lowest BCUT2D eigenvalue weighted by molar-refractivity contribution is -0.117. The van der Waals surface area contributed by atoms with Crippen LogP contribution >= 0.6 is 0 Å². The van der Waals surface area contributed by atoms with Crippen LogP contribution in [-0.4, -0.2) is 24.9 Å². The third-order valence-electron chi connectivity index (χ3n) is 4.40. The summed E-state index contributed by atoms with van der Waals surface area (Å²) in [6, 6.07) is 13.2. The molecule has 0 aromatic heterocycles. The first kappa shape index (κ1) is 17.7. The molecule has 6 nitrogen and oxygen atoms in total. The first-order chi connectivity index (χ1) is 12.5. The second-order valence-electron chi connectivity index (χ2n) is 6.41. The molecule has 3 rings (SSSR count). The van der Waals surface area contributed by atoms with Crippen LogP contribution in [0.1, 0.15) is 34.1 Å². The van der Waals surface area contributed by atoms with Crippen LogP contribution in [0, 0.1) is 11.8 Å². The van der Waals surface area contributed by atoms with Crippen LogP contribution in [0.2, 0.25) is 0 Å². The summed E-state index contributed by atoms with van der Waals surface area (Å²) in [5.41, 5.74) is 2.00. The molecule has 2 aromatic carbocycles. The molecule has 134 valence electrons. The zero-order chi connectivity index (χ0) is 18.7. The van der Waals surface area contributed by atoms with Gasteiger partial charge >= 0.3 is 5.97 Å². The van der Waals surface area contributed by atoms with Gasteiger partial charge in [0, 0.05) is 22.9 Å². The molecule has 1 saturated carbocycles. The van der Waals surface area contributed by atoms with Crippen LogP contribution in [-0.2, 0) is 9.53 Å². The van der Waals surface area contributed by atoms with Crippen molar-refractivity contribution in [2.24, 2.45) is 11.8 Å². The summed E-state index contributed by atoms with van der Waals surface area (Å²) in [6.45, 7) is 2.04. The van der Waals surface area contributed by atoms with Crippen molar-refractivity contribution in [3.8, 4) is 0 Å². The maximum Gasteiger partial charge on any atom is 0.337 e. The first-order valence-corrected chi connectivity index (χ1v) is 8.38. The molecule has 2 aromatic rings. The first-order valence-electron chi connectivity index (χ1n) is 8.38. The van der Waals surface area contributed by atoms with Crippen LogP contribution < -0.4 is 10.6 Å². The maximum absolute atomic E-state index is 12.4. The van der Waals surface area contributed by atoms with Gasteiger partial charge in [0.15, 0.2) is 0 Å². The quantitative estimate of drug-likeness (QED) is 0.809. The Kier molecular flexibility index (Phi) is 5.02. The van der Waals surface area contributed by atoms with Crippen molar-refractivity contribution in [2.45, 2.75) is 13.3 Å². The van der Waals surface area contributed by atoms with E-state index in [1.807, 2.05) is 6.92 Å². The highest BCUT2D eigenvalue weighted by Crippen LogP contribution is 2.38. The largest absolute Gasteiger partial charge is 0.465 e. The van der Waals surface area contributed by atoms with Gasteiger partial charge in [-0.15, -0.1) is 0 Å². The number of carbonyl (C=O) groups is 3. The Balaban J connectivity index is 1.65. The van der Waals surface area contributed by atoms with Crippen molar-refractivity contribution in [3.63, 3.8) is 0 Å². The van der Waals surface area contributed by atoms with Crippen LogP contribution in [0.15, 0.2) is 48.5 Å². The summed E-state index contributed by atoms with van der Waals surface area (Å²) in [5.74, 6) is -0.244. The number of nitrogens with one attached hydrogen (secondary N) is 2. The molecule has 2 amide bonds. The minimum atomic E-state index is -0.434. The van der Waals surface area contributed by atoms with Crippen LogP contribution in [0.3, 0.4) is 0 Å². The zero-order valence-electron chi connectivity index (χ0n) is 14.6. The molecule has 0 unspecified atom stereocenters. The summed E-state index contributed by atoms with van der Waals surface area (Å²) in [5, 5.41) is 5.61. The number of hydrogen-bond acceptors (Lipinski definition) is 4. The van der Waals surface area contributed by atoms with Gasteiger partial charge in [0.05, 0.1) is 12.7 Å². The van der Waals surface area contributed by atoms with Crippen molar-refractivity contribution in [2.75, 3.05) is 17.7 Å². The van der Waals surface area contributed by atoms with E-state index in [-0.39, 0.29) is 17.7 Å². The predicted octanol–water partition coefficient (Wildman–Crippen LogP) is 3.32. The Morgan fingerprint density at radius 1 is 0.962 bits per heavy atom. The zero-order valence-corrected chi connectivity index (χ0v) is 14.6. The maximum atomic E-state index is 12.4. The van der Waals surface area contributed by atoms with Gasteiger partial charge in [-0.25, -0.2) is 4.79 Å². The van der Waals surface area contributed by atoms with Crippen LogP contribution in [0.5, 0.6) is 0 Å². The van der Waals surface area contributed by atoms with Crippen molar-refractivity contribution in [1.82, 2.24) is 0 Å². The fourth-order valence-electron chi connectivity index (χ4n) is 2.67. The summed E-state index contributed by atoms with van der Waals surface area (Å²) < 4.78 is 4.64. The number of esters is 1. The number of ether oxygens (including phenoxy) is 1. The number of benzene rings is 2. The number of anilines is 2. The highest BCUT2D eigenvalue weighted by atomic mass is 16.5. The fourth-order valence-corrected chi connectivity index (χ4v) is 2.67. The molecule has 2 N–H and O–H groups in total. The van der Waals surface area contributed by atoms with E-state index in [0.717, 1.165) is 6.42 Å². The van der Waals surface area contributed by atoms with Crippen LogP contribution in [0.25, 0.3) is 0 Å². The lowest BCUT2D eigenvalue weighted by atomic mass is 10.1. The predicted molar refractivity (Wildman–Crippen MR) is 98.1 cm³/mol. The van der Waals surface area contributed by atoms with Crippen molar-refractivity contribution in [1.29, 1.82) is 0 Å². The standard InChI is InChI=1S/C20H20N2O4/c1-12-10-17(12)19(24)22-16-5-3-4-14(11-16)18(23)21-15-8-6-13(7-9-15)20(25)26-2/h3-9,11-12,17H,10H2,1-2H3,(H,21,23)(H,22,24)/t12-,17+/m0/s1. The summed E-state index contributed by atoms with van der Waals surface area (Å²) in [7, 11) is 1.31. The van der Waals surface area contributed by atoms with Gasteiger partial charge in [0.1, 0.15) is 0 Å². The lowest BCUT2D eigenvalue weighted by Gasteiger charge is -2.09. The van der Waals surface area contributed by atoms with E-state index in [1.54, 1.807) is 48.5 Å². The Hall–Kier alpha value is -3.15. The summed E-state index contributed by atoms with van der Waals surface area (Å²) in [4.78, 5) is 35.9. The molecule has 2 atom stereocenters. The van der Waals surface area contributed by atoms with Crippen LogP contribution in [0.4, 0.5) is 11.4 Å². The monoisotopic (exact) mass is 352 g/mol. The van der Waals surface area contributed by atoms with E-state index in [1.165, 1.54) is 7.11 Å². The molecule has 26 heavy (non-hydrogen) atoms. The molecule has 0 heterocycles. The molecule has 1 aliphatic carbocycles. The van der Waals surface area contributed by atoms with Gasteiger partial charge in [-0.05, 0) is 54.8 Å². The smallest absolute Gasteiger partial charge is 0.337 e. The highest BCUT2D eigenvalue weighted by Gasteiger charge is 2.39. The average Bonchev–Trinajstić information content (AvgIpc) is 3.39. The highest BCUT2D eigenvalue weighted by molar-refractivity contribution is 6.05. The normalized spacial score (nSPS) is 17.9. The van der Waals surface area contributed by atoms with Gasteiger partial charge < -0.3 is 15.4 Å². The van der Waals surface area contributed by atoms with Crippen molar-refractivity contribution < 1.29 is 19.1 Å². The molecular formula is C20H20N2O4. The molecular weight excluding hydrogens is 332 g/mol. The Bertz CT molecular complexity index is 845. The number of rotatable bonds is 5. The average molecular weight is 352 g/mol. The third kappa shape index (κ3) is 4.08. The van der Waals surface area contributed by atoms with E-state index < -0.39 is 5.97 Å². The molecule has 1 fully saturated rings. The summed E-state index contributed by atoms with van der Waals surface area (Å²) in [6.07, 6.45) is 0.910.